The molecule has 1 aliphatic rings. The molecule has 1 atom stereocenters. The number of nitrogens with zero attached hydrogens (tertiary/aromatic N) is 7. The molecule has 6 rings (SSSR count). The topological polar surface area (TPSA) is 111 Å². The van der Waals surface area contributed by atoms with E-state index >= 15 is 0 Å². The van der Waals surface area contributed by atoms with Gasteiger partial charge in [0.05, 0.1) is 29.1 Å². The van der Waals surface area contributed by atoms with E-state index in [1.54, 1.807) is 17.4 Å². The van der Waals surface area contributed by atoms with Crippen LogP contribution in [0.4, 0.5) is 22.1 Å². The Hall–Kier alpha value is -4.93. The lowest BCUT2D eigenvalue weighted by Crippen LogP contribution is -2.54. The van der Waals surface area contributed by atoms with Gasteiger partial charge in [0.2, 0.25) is 0 Å². The smallest absolute Gasteiger partial charge is 0.410 e. The van der Waals surface area contributed by atoms with E-state index in [1.165, 1.54) is 6.33 Å². The molecule has 222 valence electrons. The van der Waals surface area contributed by atoms with Gasteiger partial charge in [-0.15, -0.1) is 0 Å². The minimum absolute atomic E-state index is 0.0563. The van der Waals surface area contributed by atoms with Crippen LogP contribution in [0.25, 0.3) is 21.9 Å². The van der Waals surface area contributed by atoms with Crippen LogP contribution in [-0.4, -0.2) is 66.8 Å². The van der Waals surface area contributed by atoms with E-state index in [2.05, 4.69) is 32.1 Å². The normalized spacial score (nSPS) is 15.6. The van der Waals surface area contributed by atoms with Crippen molar-refractivity contribution in [2.24, 2.45) is 7.05 Å². The minimum Gasteiger partial charge on any atom is -0.457 e. The Balaban J connectivity index is 1.19. The lowest BCUT2D eigenvalue weighted by Gasteiger charge is -2.40. The minimum atomic E-state index is -0.526. The molecule has 3 aromatic heterocycles. The summed E-state index contributed by atoms with van der Waals surface area (Å²) in [6, 6.07) is 13.9. The van der Waals surface area contributed by atoms with Crippen molar-refractivity contribution in [2.75, 3.05) is 29.9 Å². The summed E-state index contributed by atoms with van der Waals surface area (Å²) in [5.74, 6) is 2.99. The van der Waals surface area contributed by atoms with Crippen molar-refractivity contribution >= 4 is 45.4 Å². The third-order valence-electron chi connectivity index (χ3n) is 7.44. The maximum absolute atomic E-state index is 12.6. The molecule has 1 saturated heterocycles. The van der Waals surface area contributed by atoms with E-state index in [0.29, 0.717) is 25.5 Å². The molecule has 5 aromatic rings. The van der Waals surface area contributed by atoms with E-state index < -0.39 is 5.60 Å². The highest BCUT2D eigenvalue weighted by atomic mass is 16.6. The Morgan fingerprint density at radius 2 is 1.84 bits per heavy atom. The lowest BCUT2D eigenvalue weighted by atomic mass is 10.1. The molecule has 1 amide bonds. The molecule has 11 heteroatoms. The van der Waals surface area contributed by atoms with Gasteiger partial charge in [-0.3, -0.25) is 0 Å². The van der Waals surface area contributed by atoms with Crippen LogP contribution < -0.4 is 15.0 Å². The first-order chi connectivity index (χ1) is 20.5. The van der Waals surface area contributed by atoms with Gasteiger partial charge in [0.15, 0.2) is 0 Å². The number of carbonyl (C=O) groups is 1. The van der Waals surface area contributed by atoms with Gasteiger partial charge in [-0.25, -0.2) is 24.7 Å². The van der Waals surface area contributed by atoms with E-state index in [1.807, 2.05) is 81.8 Å². The quantitative estimate of drug-likeness (QED) is 0.260. The fourth-order valence-electron chi connectivity index (χ4n) is 5.28. The summed E-state index contributed by atoms with van der Waals surface area (Å²) in [7, 11) is 1.97. The van der Waals surface area contributed by atoms with Gasteiger partial charge in [-0.05, 0) is 76.6 Å². The summed E-state index contributed by atoms with van der Waals surface area (Å²) >= 11 is 0. The zero-order valence-corrected chi connectivity index (χ0v) is 25.3. The zero-order chi connectivity index (χ0) is 30.3. The molecular formula is C32H36N8O3. The highest BCUT2D eigenvalue weighted by molar-refractivity contribution is 5.92. The average Bonchev–Trinajstić information content (AvgIpc) is 3.33. The van der Waals surface area contributed by atoms with Gasteiger partial charge >= 0.3 is 6.09 Å². The average molecular weight is 581 g/mol. The number of carbonyl (C=O) groups excluding carboxylic acids is 1. The van der Waals surface area contributed by atoms with Crippen molar-refractivity contribution in [1.29, 1.82) is 0 Å². The summed E-state index contributed by atoms with van der Waals surface area (Å²) in [5.41, 5.74) is 4.01. The summed E-state index contributed by atoms with van der Waals surface area (Å²) in [6.07, 6.45) is 4.81. The van der Waals surface area contributed by atoms with Gasteiger partial charge in [-0.2, -0.15) is 0 Å². The van der Waals surface area contributed by atoms with Crippen molar-refractivity contribution < 1.29 is 14.3 Å². The van der Waals surface area contributed by atoms with E-state index in [9.17, 15) is 4.79 Å². The van der Waals surface area contributed by atoms with Crippen molar-refractivity contribution in [2.45, 2.75) is 46.3 Å². The molecule has 1 fully saturated rings. The standard InChI is InChI=1S/C32H36N8O3/c1-20-13-22(7-10-28(20)42-23-8-9-27-25(14-23)36-19-38(27)6)37-30-24-15-29(33-16-26(24)34-18-35-30)40-12-11-39(17-21(40)2)31(41)43-32(3,4)5/h7-10,13-16,18-19,21H,11-12,17H2,1-6H3,(H,34,35,37)/t21-/m0/s1. The molecular weight excluding hydrogens is 544 g/mol. The third kappa shape index (κ3) is 6.01. The van der Waals surface area contributed by atoms with Gasteiger partial charge in [-0.1, -0.05) is 0 Å². The molecule has 2 aromatic carbocycles. The van der Waals surface area contributed by atoms with Gasteiger partial charge < -0.3 is 29.2 Å². The van der Waals surface area contributed by atoms with Crippen molar-refractivity contribution in [1.82, 2.24) is 29.4 Å². The number of rotatable bonds is 5. The monoisotopic (exact) mass is 580 g/mol. The summed E-state index contributed by atoms with van der Waals surface area (Å²) < 4.78 is 13.7. The molecule has 11 nitrogen and oxygen atoms in total. The van der Waals surface area contributed by atoms with Crippen molar-refractivity contribution in [3.63, 3.8) is 0 Å². The number of hydrogen-bond acceptors (Lipinski definition) is 9. The van der Waals surface area contributed by atoms with Crippen LogP contribution in [0.1, 0.15) is 33.3 Å². The van der Waals surface area contributed by atoms with Gasteiger partial charge in [0.25, 0.3) is 0 Å². The Morgan fingerprint density at radius 3 is 2.60 bits per heavy atom. The number of benzene rings is 2. The maximum atomic E-state index is 12.6. The molecule has 0 bridgehead atoms. The van der Waals surface area contributed by atoms with E-state index in [4.69, 9.17) is 14.5 Å². The second-order valence-electron chi connectivity index (χ2n) is 12.0. The van der Waals surface area contributed by atoms with E-state index in [0.717, 1.165) is 50.5 Å². The number of hydrogen-bond donors (Lipinski definition) is 1. The highest BCUT2D eigenvalue weighted by Gasteiger charge is 2.30. The van der Waals surface area contributed by atoms with Crippen LogP contribution in [0.5, 0.6) is 11.5 Å². The molecule has 0 saturated carbocycles. The molecule has 1 aliphatic heterocycles. The molecule has 0 spiro atoms. The second kappa shape index (κ2) is 11.0. The molecule has 4 heterocycles. The molecule has 0 radical (unpaired) electrons. The summed E-state index contributed by atoms with van der Waals surface area (Å²) in [6.45, 7) is 11.5. The first-order valence-electron chi connectivity index (χ1n) is 14.4. The molecule has 43 heavy (non-hydrogen) atoms. The SMILES string of the molecule is Cc1cc(Nc2ncnc3cnc(N4CCN(C(=O)OC(C)(C)C)C[C@@H]4C)cc23)ccc1Oc1ccc2c(c1)ncn2C. The number of piperazine rings is 1. The fourth-order valence-corrected chi connectivity index (χ4v) is 5.28. The number of fused-ring (bicyclic) bond motifs is 2. The predicted molar refractivity (Wildman–Crippen MR) is 167 cm³/mol. The molecule has 0 unspecified atom stereocenters. The lowest BCUT2D eigenvalue weighted by molar-refractivity contribution is 0.0218. The van der Waals surface area contributed by atoms with Crippen LogP contribution in [-0.2, 0) is 11.8 Å². The number of imidazole rings is 1. The van der Waals surface area contributed by atoms with Crippen LogP contribution in [0, 0.1) is 6.92 Å². The van der Waals surface area contributed by atoms with Crippen LogP contribution >= 0.6 is 0 Å². The summed E-state index contributed by atoms with van der Waals surface area (Å²) in [4.78, 5) is 34.7. The number of aryl methyl sites for hydroxylation is 2. The second-order valence-corrected chi connectivity index (χ2v) is 12.0. The first kappa shape index (κ1) is 28.2. The van der Waals surface area contributed by atoms with Gasteiger partial charge in [0.1, 0.15) is 35.1 Å². The molecule has 1 N–H and O–H groups in total. The van der Waals surface area contributed by atoms with Crippen LogP contribution in [0.3, 0.4) is 0 Å². The first-order valence-corrected chi connectivity index (χ1v) is 14.4. The Kier molecular flexibility index (Phi) is 7.25. The Bertz CT molecular complexity index is 1810. The largest absolute Gasteiger partial charge is 0.457 e. The zero-order valence-electron chi connectivity index (χ0n) is 25.3. The van der Waals surface area contributed by atoms with Gasteiger partial charge in [0, 0.05) is 49.9 Å². The fraction of sp³-hybridized carbons (Fsp3) is 0.344. The van der Waals surface area contributed by atoms with Crippen molar-refractivity contribution in [3.8, 4) is 11.5 Å². The van der Waals surface area contributed by atoms with E-state index in [-0.39, 0.29) is 12.1 Å². The highest BCUT2D eigenvalue weighted by Crippen LogP contribution is 2.32. The number of aromatic nitrogens is 5. The van der Waals surface area contributed by atoms with Crippen molar-refractivity contribution in [3.05, 3.63) is 66.9 Å². The van der Waals surface area contributed by atoms with Crippen LogP contribution in [0.15, 0.2) is 61.3 Å². The third-order valence-corrected chi connectivity index (χ3v) is 7.44. The number of ether oxygens (including phenoxy) is 2. The number of nitrogens with one attached hydrogen (secondary N) is 1. The number of pyridine rings is 1. The predicted octanol–water partition coefficient (Wildman–Crippen LogP) is 6.20. The Labute approximate surface area is 250 Å². The number of amides is 1. The summed E-state index contributed by atoms with van der Waals surface area (Å²) in [5, 5.41) is 4.31. The number of anilines is 3. The molecule has 0 aliphatic carbocycles. The van der Waals surface area contributed by atoms with Crippen LogP contribution in [0.2, 0.25) is 0 Å². The maximum Gasteiger partial charge on any atom is 0.410 e. The Morgan fingerprint density at radius 1 is 1.00 bits per heavy atom.